The van der Waals surface area contributed by atoms with Crippen molar-refractivity contribution in [3.63, 3.8) is 0 Å². The van der Waals surface area contributed by atoms with Gasteiger partial charge in [0.25, 0.3) is 0 Å². The second-order valence-corrected chi connectivity index (χ2v) is 7.84. The van der Waals surface area contributed by atoms with Gasteiger partial charge in [-0.15, -0.1) is 5.10 Å². The first kappa shape index (κ1) is 26.3. The predicted octanol–water partition coefficient (Wildman–Crippen LogP) is 4.27. The fraction of sp³-hybridized carbons (Fsp3) is 0.450. The van der Waals surface area contributed by atoms with Gasteiger partial charge in [0.2, 0.25) is 5.28 Å². The Morgan fingerprint density at radius 1 is 1.26 bits per heavy atom. The highest BCUT2D eigenvalue weighted by molar-refractivity contribution is 6.34. The molecule has 0 saturated heterocycles. The Labute approximate surface area is 209 Å². The van der Waals surface area contributed by atoms with E-state index in [1.807, 2.05) is 13.8 Å². The minimum Gasteiger partial charge on any atom is -0.469 e. The highest BCUT2D eigenvalue weighted by Crippen LogP contribution is 2.33. The Morgan fingerprint density at radius 2 is 1.97 bits per heavy atom. The molecule has 0 fully saturated rings. The molecule has 0 aliphatic carbocycles. The van der Waals surface area contributed by atoms with E-state index in [0.29, 0.717) is 29.0 Å². The maximum atomic E-state index is 14.8. The van der Waals surface area contributed by atoms with Crippen molar-refractivity contribution in [2.45, 2.75) is 46.8 Å². The lowest BCUT2D eigenvalue weighted by Crippen LogP contribution is -2.21. The van der Waals surface area contributed by atoms with Crippen molar-refractivity contribution in [3.05, 3.63) is 44.2 Å². The second kappa shape index (κ2) is 11.0. The van der Waals surface area contributed by atoms with Crippen molar-refractivity contribution in [2.24, 2.45) is 7.05 Å². The summed E-state index contributed by atoms with van der Waals surface area (Å²) in [7, 11) is 1.70. The van der Waals surface area contributed by atoms with Crippen LogP contribution in [-0.2, 0) is 20.0 Å². The molecule has 0 spiro atoms. The maximum absolute atomic E-state index is 14.8. The van der Waals surface area contributed by atoms with E-state index in [4.69, 9.17) is 27.9 Å². The molecule has 4 aromatic rings. The van der Waals surface area contributed by atoms with E-state index in [1.165, 1.54) is 15.6 Å². The molecule has 0 aromatic carbocycles. The van der Waals surface area contributed by atoms with Crippen LogP contribution in [0, 0.1) is 17.0 Å². The van der Waals surface area contributed by atoms with Gasteiger partial charge < -0.3 is 4.74 Å². The average Bonchev–Trinajstić information content (AvgIpc) is 3.45. The number of fused-ring (bicyclic) bond motifs is 1. The molecule has 0 radical (unpaired) electrons. The maximum Gasteiger partial charge on any atom is 0.353 e. The van der Waals surface area contributed by atoms with Gasteiger partial charge in [-0.3, -0.25) is 14.8 Å². The molecular weight excluding hydrogens is 504 g/mol. The SMILES string of the molecule is CC.CCc1c([N+](=O)[O-])c(OCC(F)Cn2nc(Cl)c3cnc(Cl)nc32)nn1-c1cc(C)nn1C. The number of nitro groups is 1. The zero-order valence-electron chi connectivity index (χ0n) is 19.7. The lowest BCUT2D eigenvalue weighted by molar-refractivity contribution is -0.386. The van der Waals surface area contributed by atoms with E-state index in [-0.39, 0.29) is 34.2 Å². The van der Waals surface area contributed by atoms with Gasteiger partial charge >= 0.3 is 11.6 Å². The number of alkyl halides is 1. The van der Waals surface area contributed by atoms with E-state index in [9.17, 15) is 14.5 Å². The Balaban J connectivity index is 0.00000167. The zero-order valence-corrected chi connectivity index (χ0v) is 21.2. The first-order valence-electron chi connectivity index (χ1n) is 10.8. The fourth-order valence-electron chi connectivity index (χ4n) is 3.44. The molecule has 4 rings (SSSR count). The van der Waals surface area contributed by atoms with Crippen LogP contribution in [0.2, 0.25) is 10.4 Å². The molecule has 0 aliphatic heterocycles. The van der Waals surface area contributed by atoms with Crippen LogP contribution in [0.25, 0.3) is 16.9 Å². The zero-order chi connectivity index (χ0) is 25.9. The van der Waals surface area contributed by atoms with Crippen LogP contribution in [-0.4, -0.2) is 57.0 Å². The van der Waals surface area contributed by atoms with Crippen LogP contribution in [0.15, 0.2) is 12.3 Å². The molecule has 0 bridgehead atoms. The molecule has 1 atom stereocenters. The number of aromatic nitrogens is 8. The number of hydrogen-bond acceptors (Lipinski definition) is 8. The number of hydrogen-bond donors (Lipinski definition) is 0. The lowest BCUT2D eigenvalue weighted by atomic mass is 10.3. The highest BCUT2D eigenvalue weighted by Gasteiger charge is 2.31. The molecule has 4 aromatic heterocycles. The van der Waals surface area contributed by atoms with Crippen LogP contribution >= 0.6 is 23.2 Å². The van der Waals surface area contributed by atoms with Crippen molar-refractivity contribution in [3.8, 4) is 11.7 Å². The molecule has 0 amide bonds. The molecule has 188 valence electrons. The van der Waals surface area contributed by atoms with Gasteiger partial charge in [0, 0.05) is 19.3 Å². The van der Waals surface area contributed by atoms with Gasteiger partial charge in [-0.25, -0.2) is 18.7 Å². The molecule has 4 heterocycles. The Kier molecular flexibility index (Phi) is 8.22. The lowest BCUT2D eigenvalue weighted by Gasteiger charge is -2.09. The summed E-state index contributed by atoms with van der Waals surface area (Å²) in [5.41, 5.74) is 0.964. The van der Waals surface area contributed by atoms with Crippen molar-refractivity contribution < 1.29 is 14.1 Å². The third kappa shape index (κ3) is 5.35. The summed E-state index contributed by atoms with van der Waals surface area (Å²) in [5.74, 6) is 0.236. The predicted molar refractivity (Wildman–Crippen MR) is 128 cm³/mol. The van der Waals surface area contributed by atoms with E-state index in [1.54, 1.807) is 31.6 Å². The van der Waals surface area contributed by atoms with E-state index >= 15 is 0 Å². The standard InChI is InChI=1S/C18H18Cl2FN9O3.C2H6/c1-4-12-14(30(31)32)17(26-29(12)13-5-9(2)24-27(13)3)33-8-10(21)7-28-16-11(15(19)25-28)6-22-18(20)23-16;1-2/h5-6,10H,4,7-8H2,1-3H3;1-2H3. The van der Waals surface area contributed by atoms with Gasteiger partial charge in [-0.1, -0.05) is 32.4 Å². The summed E-state index contributed by atoms with van der Waals surface area (Å²) in [5, 5.41) is 24.8. The van der Waals surface area contributed by atoms with E-state index < -0.39 is 17.7 Å². The summed E-state index contributed by atoms with van der Waals surface area (Å²) < 4.78 is 24.4. The minimum atomic E-state index is -1.60. The molecule has 1 unspecified atom stereocenters. The number of ether oxygens (including phenoxy) is 1. The Hall–Kier alpha value is -3.32. The third-order valence-electron chi connectivity index (χ3n) is 4.82. The molecular formula is C20H24Cl2FN9O3. The van der Waals surface area contributed by atoms with Crippen molar-refractivity contribution in [2.75, 3.05) is 6.61 Å². The van der Waals surface area contributed by atoms with Crippen molar-refractivity contribution in [1.82, 2.24) is 39.3 Å². The topological polar surface area (TPSA) is 132 Å². The normalized spacial score (nSPS) is 11.9. The van der Waals surface area contributed by atoms with E-state index in [2.05, 4.69) is 25.3 Å². The number of nitrogens with zero attached hydrogens (tertiary/aromatic N) is 9. The van der Waals surface area contributed by atoms with Gasteiger partial charge in [0.15, 0.2) is 22.8 Å². The summed E-state index contributed by atoms with van der Waals surface area (Å²) in [6, 6.07) is 1.73. The molecule has 0 saturated carbocycles. The van der Waals surface area contributed by atoms with Crippen LogP contribution < -0.4 is 4.74 Å². The van der Waals surface area contributed by atoms with Crippen LogP contribution in [0.1, 0.15) is 32.2 Å². The monoisotopic (exact) mass is 527 g/mol. The van der Waals surface area contributed by atoms with Crippen molar-refractivity contribution in [1.29, 1.82) is 0 Å². The molecule has 35 heavy (non-hydrogen) atoms. The molecule has 15 heteroatoms. The Morgan fingerprint density at radius 3 is 2.57 bits per heavy atom. The van der Waals surface area contributed by atoms with E-state index in [0.717, 1.165) is 0 Å². The largest absolute Gasteiger partial charge is 0.469 e. The summed E-state index contributed by atoms with van der Waals surface area (Å²) in [6.07, 6.45) is 0.0864. The average molecular weight is 528 g/mol. The minimum absolute atomic E-state index is 0.0364. The fourth-order valence-corrected chi connectivity index (χ4v) is 3.80. The molecule has 0 aliphatic rings. The quantitative estimate of drug-likeness (QED) is 0.188. The summed E-state index contributed by atoms with van der Waals surface area (Å²) >= 11 is 11.9. The van der Waals surface area contributed by atoms with Gasteiger partial charge in [0.1, 0.15) is 12.3 Å². The smallest absolute Gasteiger partial charge is 0.353 e. The van der Waals surface area contributed by atoms with Crippen LogP contribution in [0.4, 0.5) is 10.1 Å². The van der Waals surface area contributed by atoms with Crippen LogP contribution in [0.5, 0.6) is 5.88 Å². The summed E-state index contributed by atoms with van der Waals surface area (Å²) in [6.45, 7) is 6.77. The number of halogens is 3. The van der Waals surface area contributed by atoms with Crippen LogP contribution in [0.3, 0.4) is 0 Å². The Bertz CT molecular complexity index is 1350. The third-order valence-corrected chi connectivity index (χ3v) is 5.28. The van der Waals surface area contributed by atoms with Crippen molar-refractivity contribution >= 4 is 39.9 Å². The first-order valence-corrected chi connectivity index (χ1v) is 11.5. The number of aryl methyl sites for hydroxylation is 2. The summed E-state index contributed by atoms with van der Waals surface area (Å²) in [4.78, 5) is 19.0. The van der Waals surface area contributed by atoms with Gasteiger partial charge in [-0.05, 0) is 24.9 Å². The first-order chi connectivity index (χ1) is 16.7. The van der Waals surface area contributed by atoms with Gasteiger partial charge in [-0.2, -0.15) is 15.2 Å². The number of rotatable bonds is 8. The molecule has 12 nitrogen and oxygen atoms in total. The molecule has 0 N–H and O–H groups in total. The highest BCUT2D eigenvalue weighted by atomic mass is 35.5. The van der Waals surface area contributed by atoms with Gasteiger partial charge in [0.05, 0.1) is 22.5 Å². The second-order valence-electron chi connectivity index (χ2n) is 7.15.